The molecule has 0 amide bonds. The Morgan fingerprint density at radius 3 is 1.37 bits per heavy atom. The lowest BCUT2D eigenvalue weighted by atomic mass is 10.6. The van der Waals surface area contributed by atoms with Crippen LogP contribution >= 0.6 is 0 Å². The highest BCUT2D eigenvalue weighted by atomic mass is 16.7. The topological polar surface area (TPSA) is 34.2 Å². The highest BCUT2D eigenvalue weighted by molar-refractivity contribution is 4.47. The van der Waals surface area contributed by atoms with Crippen molar-refractivity contribution < 1.29 is 14.2 Å². The van der Waals surface area contributed by atoms with E-state index in [0.29, 0.717) is 20.3 Å². The number of ether oxygens (including phenoxy) is 3. The van der Waals surface area contributed by atoms with E-state index in [-0.39, 0.29) is 37.1 Å². The van der Waals surface area contributed by atoms with Gasteiger partial charge in [-0.25, -0.2) is 0 Å². The second-order valence-corrected chi connectivity index (χ2v) is 3.56. The molecule has 0 spiro atoms. The molecule has 0 aliphatic carbocycles. The molecule has 0 radical (unpaired) electrons. The number of hydrogen-bond donors (Lipinski definition) is 0. The molecule has 0 aromatic heterocycles. The van der Waals surface area contributed by atoms with Gasteiger partial charge < -0.3 is 14.2 Å². The zero-order chi connectivity index (χ0) is 10.2. The van der Waals surface area contributed by atoms with E-state index in [9.17, 15) is 0 Å². The van der Waals surface area contributed by atoms with Crippen LogP contribution in [-0.2, 0) is 14.2 Å². The maximum Gasteiger partial charge on any atom is 0.150 e. The first-order valence-corrected chi connectivity index (χ1v) is 4.89. The molecular weight excluding hydrogens is 244 g/mol. The predicted octanol–water partition coefficient (Wildman–Crippen LogP) is 2.97. The fourth-order valence-electron chi connectivity index (χ4n) is 1.12. The summed E-state index contributed by atoms with van der Waals surface area (Å²) < 4.78 is 16.0. The summed E-state index contributed by atoms with van der Waals surface area (Å²) in [7, 11) is 4.00. The number of likely N-dealkylation sites (N-methyl/N-ethyl adjacent to an activating group) is 2. The van der Waals surface area contributed by atoms with Crippen molar-refractivity contribution in [1.82, 2.24) is 9.80 Å². The van der Waals surface area contributed by atoms with Crippen LogP contribution in [0.4, 0.5) is 0 Å². The first kappa shape index (κ1) is 31.3. The fraction of sp³-hybridized carbons (Fsp3) is 1.00. The van der Waals surface area contributed by atoms with Crippen molar-refractivity contribution in [3.63, 3.8) is 0 Å². The third-order valence-electron chi connectivity index (χ3n) is 2.02. The average Bonchev–Trinajstić information content (AvgIpc) is 2.14. The largest absolute Gasteiger partial charge is 0.379 e. The molecule has 0 saturated carbocycles. The summed E-state index contributed by atoms with van der Waals surface area (Å²) in [5.41, 5.74) is 0. The van der Waals surface area contributed by atoms with Gasteiger partial charge in [0.25, 0.3) is 0 Å². The van der Waals surface area contributed by atoms with Crippen LogP contribution in [0.3, 0.4) is 0 Å². The normalized spacial score (nSPS) is 18.6. The van der Waals surface area contributed by atoms with Gasteiger partial charge in [0.15, 0.2) is 0 Å². The number of nitrogens with zero attached hydrogens (tertiary/aromatic N) is 2. The van der Waals surface area contributed by atoms with Gasteiger partial charge in [-0.3, -0.25) is 9.80 Å². The van der Waals surface area contributed by atoms with Crippen LogP contribution in [0, 0.1) is 0 Å². The monoisotopic (exact) mass is 284 g/mol. The molecule has 19 heavy (non-hydrogen) atoms. The quantitative estimate of drug-likeness (QED) is 0.683. The standard InChI is InChI=1S/C9H20N2O3.5CH4/c1-10-3-5-12-6-4-11(2)8-14-9-13-7-10;;;;;/h3-9H2,1-2H3;5*1H4. The first-order valence-electron chi connectivity index (χ1n) is 4.89. The third-order valence-corrected chi connectivity index (χ3v) is 2.02. The molecule has 0 aromatic carbocycles. The van der Waals surface area contributed by atoms with Gasteiger partial charge in [-0.2, -0.15) is 0 Å². The van der Waals surface area contributed by atoms with Crippen molar-refractivity contribution in [2.24, 2.45) is 0 Å². The summed E-state index contributed by atoms with van der Waals surface area (Å²) in [6.45, 7) is 4.84. The molecule has 0 atom stereocenters. The highest BCUT2D eigenvalue weighted by Crippen LogP contribution is 1.91. The molecule has 1 rings (SSSR count). The maximum atomic E-state index is 5.45. The Kier molecular flexibility index (Phi) is 33.1. The number of rotatable bonds is 0. The molecule has 5 nitrogen and oxygen atoms in total. The number of hydrogen-bond acceptors (Lipinski definition) is 5. The summed E-state index contributed by atoms with van der Waals surface area (Å²) in [5, 5.41) is 0. The van der Waals surface area contributed by atoms with Gasteiger partial charge in [-0.15, -0.1) is 0 Å². The van der Waals surface area contributed by atoms with Crippen molar-refractivity contribution in [3.05, 3.63) is 0 Å². The molecule has 1 saturated heterocycles. The van der Waals surface area contributed by atoms with Gasteiger partial charge in [0.05, 0.1) is 13.2 Å². The Balaban J connectivity index is -0.000000131. The maximum absolute atomic E-state index is 5.45. The van der Waals surface area contributed by atoms with E-state index in [0.717, 1.165) is 26.3 Å². The summed E-state index contributed by atoms with van der Waals surface area (Å²) in [6, 6.07) is 0. The molecule has 5 heteroatoms. The van der Waals surface area contributed by atoms with E-state index < -0.39 is 0 Å². The lowest BCUT2D eigenvalue weighted by molar-refractivity contribution is -0.117. The Labute approximate surface area is 122 Å². The molecule has 0 aromatic rings. The molecule has 1 aliphatic rings. The van der Waals surface area contributed by atoms with Crippen molar-refractivity contribution in [3.8, 4) is 0 Å². The highest BCUT2D eigenvalue weighted by Gasteiger charge is 2.02. The van der Waals surface area contributed by atoms with Gasteiger partial charge >= 0.3 is 0 Å². The van der Waals surface area contributed by atoms with Crippen LogP contribution in [0.1, 0.15) is 37.1 Å². The second-order valence-electron chi connectivity index (χ2n) is 3.56. The lowest BCUT2D eigenvalue weighted by Crippen LogP contribution is -2.31. The minimum absolute atomic E-state index is 0. The van der Waals surface area contributed by atoms with Gasteiger partial charge in [0.2, 0.25) is 0 Å². The van der Waals surface area contributed by atoms with Crippen LogP contribution in [0.5, 0.6) is 0 Å². The predicted molar refractivity (Wildman–Crippen MR) is 86.5 cm³/mol. The second kappa shape index (κ2) is 20.1. The van der Waals surface area contributed by atoms with E-state index in [1.165, 1.54) is 0 Å². The van der Waals surface area contributed by atoms with E-state index in [4.69, 9.17) is 14.2 Å². The average molecular weight is 284 g/mol. The summed E-state index contributed by atoms with van der Waals surface area (Å²) in [4.78, 5) is 4.13. The Morgan fingerprint density at radius 1 is 0.632 bits per heavy atom. The fourth-order valence-corrected chi connectivity index (χ4v) is 1.12. The minimum atomic E-state index is 0. The first-order chi connectivity index (χ1) is 6.79. The lowest BCUT2D eigenvalue weighted by Gasteiger charge is -2.21. The van der Waals surface area contributed by atoms with Crippen molar-refractivity contribution in [2.75, 3.05) is 60.7 Å². The molecule has 0 N–H and O–H groups in total. The summed E-state index contributed by atoms with van der Waals surface area (Å²) in [6.07, 6.45) is 0. The van der Waals surface area contributed by atoms with Crippen LogP contribution in [0.25, 0.3) is 0 Å². The molecular formula is C14H40N2O3. The van der Waals surface area contributed by atoms with Gasteiger partial charge in [0, 0.05) is 13.1 Å². The van der Waals surface area contributed by atoms with Crippen molar-refractivity contribution in [1.29, 1.82) is 0 Å². The van der Waals surface area contributed by atoms with Crippen molar-refractivity contribution in [2.45, 2.75) is 37.1 Å². The SMILES string of the molecule is C.C.C.C.C.CN1CCOCCN(C)COCOC1. The Bertz CT molecular complexity index is 121. The minimum Gasteiger partial charge on any atom is -0.379 e. The molecule has 1 fully saturated rings. The van der Waals surface area contributed by atoms with E-state index in [2.05, 4.69) is 9.80 Å². The Morgan fingerprint density at radius 2 is 1.00 bits per heavy atom. The van der Waals surface area contributed by atoms with E-state index in [1.807, 2.05) is 14.1 Å². The Hall–Kier alpha value is -0.200. The third kappa shape index (κ3) is 17.8. The molecule has 124 valence electrons. The van der Waals surface area contributed by atoms with Crippen LogP contribution in [0.15, 0.2) is 0 Å². The molecule has 1 heterocycles. The zero-order valence-corrected chi connectivity index (χ0v) is 9.07. The molecule has 0 unspecified atom stereocenters. The van der Waals surface area contributed by atoms with Gasteiger partial charge in [0.1, 0.15) is 20.3 Å². The van der Waals surface area contributed by atoms with Gasteiger partial charge in [-0.05, 0) is 14.1 Å². The van der Waals surface area contributed by atoms with Crippen LogP contribution < -0.4 is 0 Å². The van der Waals surface area contributed by atoms with Gasteiger partial charge in [-0.1, -0.05) is 37.1 Å². The molecule has 0 bridgehead atoms. The van der Waals surface area contributed by atoms with E-state index in [1.54, 1.807) is 0 Å². The summed E-state index contributed by atoms with van der Waals surface area (Å²) >= 11 is 0. The zero-order valence-electron chi connectivity index (χ0n) is 9.07. The smallest absolute Gasteiger partial charge is 0.150 e. The van der Waals surface area contributed by atoms with Crippen LogP contribution in [-0.4, -0.2) is 70.5 Å². The van der Waals surface area contributed by atoms with Crippen LogP contribution in [0.2, 0.25) is 0 Å². The van der Waals surface area contributed by atoms with Crippen molar-refractivity contribution >= 4 is 0 Å². The summed E-state index contributed by atoms with van der Waals surface area (Å²) in [5.74, 6) is 0. The van der Waals surface area contributed by atoms with E-state index >= 15 is 0 Å². The molecule has 1 aliphatic heterocycles.